The SMILES string of the molecule is CCC(c1ccc(C(=O)NCCC(=O)O)cc1)N1C(=O)C(c2cccc(Cl)c2)=NC12CCC(C(C)(C)CC)CC2. The van der Waals surface area contributed by atoms with Gasteiger partial charge < -0.3 is 15.3 Å². The van der Waals surface area contributed by atoms with E-state index in [1.807, 2.05) is 29.2 Å². The van der Waals surface area contributed by atoms with Crippen molar-refractivity contribution < 1.29 is 19.5 Å². The molecule has 4 rings (SSSR count). The lowest BCUT2D eigenvalue weighted by atomic mass is 9.67. The Bertz CT molecular complexity index is 1280. The first-order valence-corrected chi connectivity index (χ1v) is 14.7. The van der Waals surface area contributed by atoms with Crippen LogP contribution in [0.15, 0.2) is 53.5 Å². The van der Waals surface area contributed by atoms with Crippen molar-refractivity contribution in [1.82, 2.24) is 10.2 Å². The van der Waals surface area contributed by atoms with Gasteiger partial charge in [0.2, 0.25) is 0 Å². The second kappa shape index (κ2) is 12.1. The van der Waals surface area contributed by atoms with E-state index in [0.29, 0.717) is 28.6 Å². The number of halogens is 1. The monoisotopic (exact) mass is 565 g/mol. The third kappa shape index (κ3) is 6.09. The zero-order valence-corrected chi connectivity index (χ0v) is 24.6. The van der Waals surface area contributed by atoms with Gasteiger partial charge in [-0.15, -0.1) is 0 Å². The molecule has 1 aliphatic heterocycles. The van der Waals surface area contributed by atoms with Gasteiger partial charge in [-0.1, -0.05) is 70.0 Å². The third-order valence-electron chi connectivity index (χ3n) is 8.97. The molecule has 1 spiro atoms. The minimum absolute atomic E-state index is 0.0672. The van der Waals surface area contributed by atoms with Crippen molar-refractivity contribution in [3.63, 3.8) is 0 Å². The molecule has 2 aliphatic rings. The molecule has 8 heteroatoms. The molecule has 2 aromatic carbocycles. The zero-order valence-electron chi connectivity index (χ0n) is 23.9. The van der Waals surface area contributed by atoms with Gasteiger partial charge in [-0.3, -0.25) is 19.4 Å². The van der Waals surface area contributed by atoms with Gasteiger partial charge in [-0.05, 0) is 73.3 Å². The number of amides is 2. The molecule has 1 atom stereocenters. The number of carboxylic acid groups (broad SMARTS) is 1. The van der Waals surface area contributed by atoms with Crippen LogP contribution >= 0.6 is 11.6 Å². The fourth-order valence-electron chi connectivity index (χ4n) is 6.18. The largest absolute Gasteiger partial charge is 0.481 e. The maximum Gasteiger partial charge on any atom is 0.305 e. The Labute approximate surface area is 242 Å². The molecule has 2 N–H and O–H groups in total. The molecule has 40 heavy (non-hydrogen) atoms. The van der Waals surface area contributed by atoms with E-state index in [1.54, 1.807) is 24.3 Å². The Morgan fingerprint density at radius 2 is 1.82 bits per heavy atom. The predicted octanol–water partition coefficient (Wildman–Crippen LogP) is 6.65. The van der Waals surface area contributed by atoms with E-state index >= 15 is 0 Å². The maximum absolute atomic E-state index is 14.2. The molecular weight excluding hydrogens is 526 g/mol. The van der Waals surface area contributed by atoms with Gasteiger partial charge >= 0.3 is 5.97 Å². The Kier molecular flexibility index (Phi) is 9.03. The van der Waals surface area contributed by atoms with Crippen LogP contribution in [-0.4, -0.2) is 45.7 Å². The van der Waals surface area contributed by atoms with Crippen molar-refractivity contribution >= 4 is 35.1 Å². The molecule has 0 bridgehead atoms. The predicted molar refractivity (Wildman–Crippen MR) is 158 cm³/mol. The maximum atomic E-state index is 14.2. The fraction of sp³-hybridized carbons (Fsp3) is 0.500. The minimum Gasteiger partial charge on any atom is -0.481 e. The molecular formula is C32H40ClN3O4. The highest BCUT2D eigenvalue weighted by atomic mass is 35.5. The van der Waals surface area contributed by atoms with Gasteiger partial charge in [0.1, 0.15) is 11.4 Å². The summed E-state index contributed by atoms with van der Waals surface area (Å²) in [7, 11) is 0. The van der Waals surface area contributed by atoms with E-state index in [2.05, 4.69) is 33.0 Å². The summed E-state index contributed by atoms with van der Waals surface area (Å²) in [4.78, 5) is 44.7. The standard InChI is InChI=1S/C32H40ClN3O4/c1-5-26(21-10-12-22(13-11-21)29(39)34-19-16-27(37)38)36-30(40)28(23-8-7-9-25(33)20-23)35-32(36)17-14-24(15-18-32)31(3,4)6-2/h7-13,20,24,26H,5-6,14-19H2,1-4H3,(H,34,39)(H,37,38). The molecule has 1 fully saturated rings. The van der Waals surface area contributed by atoms with Crippen molar-refractivity contribution in [2.75, 3.05) is 6.54 Å². The first-order valence-electron chi connectivity index (χ1n) is 14.3. The Morgan fingerprint density at radius 1 is 1.15 bits per heavy atom. The second-order valence-corrected chi connectivity index (χ2v) is 12.1. The van der Waals surface area contributed by atoms with Crippen LogP contribution in [0.1, 0.15) is 100 Å². The lowest BCUT2D eigenvalue weighted by Crippen LogP contribution is -2.51. The summed E-state index contributed by atoms with van der Waals surface area (Å²) < 4.78 is 0. The smallest absolute Gasteiger partial charge is 0.305 e. The highest BCUT2D eigenvalue weighted by molar-refractivity contribution is 6.47. The van der Waals surface area contributed by atoms with Crippen LogP contribution < -0.4 is 5.32 Å². The lowest BCUT2D eigenvalue weighted by Gasteiger charge is -2.48. The van der Waals surface area contributed by atoms with E-state index in [-0.39, 0.29) is 36.2 Å². The van der Waals surface area contributed by atoms with E-state index in [4.69, 9.17) is 21.7 Å². The molecule has 2 amide bonds. The molecule has 0 aromatic heterocycles. The average Bonchev–Trinajstić information content (AvgIpc) is 3.21. The number of carbonyl (C=O) groups excluding carboxylic acids is 2. The second-order valence-electron chi connectivity index (χ2n) is 11.7. The van der Waals surface area contributed by atoms with E-state index in [1.165, 1.54) is 0 Å². The van der Waals surface area contributed by atoms with Gasteiger partial charge in [0.25, 0.3) is 11.8 Å². The van der Waals surface area contributed by atoms with Crippen molar-refractivity contribution in [2.45, 2.75) is 84.3 Å². The van der Waals surface area contributed by atoms with Crippen molar-refractivity contribution in [3.05, 3.63) is 70.2 Å². The highest BCUT2D eigenvalue weighted by Crippen LogP contribution is 2.50. The van der Waals surface area contributed by atoms with Gasteiger partial charge in [0.15, 0.2) is 0 Å². The van der Waals surface area contributed by atoms with E-state index in [9.17, 15) is 14.4 Å². The van der Waals surface area contributed by atoms with Gasteiger partial charge in [0, 0.05) is 22.7 Å². The first-order chi connectivity index (χ1) is 19.0. The minimum atomic E-state index is -0.961. The van der Waals surface area contributed by atoms with Crippen LogP contribution in [0.25, 0.3) is 0 Å². The zero-order chi connectivity index (χ0) is 29.1. The average molecular weight is 566 g/mol. The summed E-state index contributed by atoms with van der Waals surface area (Å²) in [6, 6.07) is 14.4. The van der Waals surface area contributed by atoms with Gasteiger partial charge in [-0.25, -0.2) is 0 Å². The number of aliphatic carboxylic acids is 1. The number of nitrogens with one attached hydrogen (secondary N) is 1. The summed E-state index contributed by atoms with van der Waals surface area (Å²) in [6.07, 6.45) is 5.28. The Balaban J connectivity index is 1.65. The molecule has 0 radical (unpaired) electrons. The number of nitrogens with zero attached hydrogens (tertiary/aromatic N) is 2. The molecule has 2 aromatic rings. The lowest BCUT2D eigenvalue weighted by molar-refractivity contribution is -0.137. The molecule has 0 saturated heterocycles. The van der Waals surface area contributed by atoms with Crippen LogP contribution in [0.4, 0.5) is 0 Å². The fourth-order valence-corrected chi connectivity index (χ4v) is 6.37. The molecule has 214 valence electrons. The van der Waals surface area contributed by atoms with Crippen molar-refractivity contribution in [3.8, 4) is 0 Å². The summed E-state index contributed by atoms with van der Waals surface area (Å²) in [5, 5.41) is 12.0. The van der Waals surface area contributed by atoms with Gasteiger partial charge in [-0.2, -0.15) is 0 Å². The number of aliphatic imine (C=N–C) groups is 1. The third-order valence-corrected chi connectivity index (χ3v) is 9.21. The van der Waals surface area contributed by atoms with Crippen LogP contribution in [0.2, 0.25) is 5.02 Å². The topological polar surface area (TPSA) is 99.1 Å². The number of hydrogen-bond donors (Lipinski definition) is 2. The molecule has 1 unspecified atom stereocenters. The van der Waals surface area contributed by atoms with Crippen molar-refractivity contribution in [2.24, 2.45) is 16.3 Å². The molecule has 1 aliphatic carbocycles. The number of carbonyl (C=O) groups is 3. The van der Waals surface area contributed by atoms with E-state index in [0.717, 1.165) is 43.2 Å². The summed E-state index contributed by atoms with van der Waals surface area (Å²) in [6.45, 7) is 9.05. The quantitative estimate of drug-likeness (QED) is 0.337. The number of benzene rings is 2. The summed E-state index contributed by atoms with van der Waals surface area (Å²) >= 11 is 6.30. The van der Waals surface area contributed by atoms with Crippen LogP contribution in [0.3, 0.4) is 0 Å². The molecule has 1 heterocycles. The van der Waals surface area contributed by atoms with Crippen LogP contribution in [-0.2, 0) is 9.59 Å². The van der Waals surface area contributed by atoms with Gasteiger partial charge in [0.05, 0.1) is 12.5 Å². The highest BCUT2D eigenvalue weighted by Gasteiger charge is 2.52. The van der Waals surface area contributed by atoms with Crippen LogP contribution in [0.5, 0.6) is 0 Å². The van der Waals surface area contributed by atoms with E-state index < -0.39 is 11.6 Å². The Morgan fingerprint density at radius 3 is 2.40 bits per heavy atom. The van der Waals surface area contributed by atoms with Crippen LogP contribution in [0, 0.1) is 11.3 Å². The number of rotatable bonds is 10. The first kappa shape index (κ1) is 29.8. The van der Waals surface area contributed by atoms with Crippen molar-refractivity contribution in [1.29, 1.82) is 0 Å². The number of carboxylic acids is 1. The Hall–Kier alpha value is -3.19. The summed E-state index contributed by atoms with van der Waals surface area (Å²) in [5.41, 5.74) is 2.20. The number of hydrogen-bond acceptors (Lipinski definition) is 4. The summed E-state index contributed by atoms with van der Waals surface area (Å²) in [5.74, 6) is -0.794. The normalized spacial score (nSPS) is 21.8. The molecule has 7 nitrogen and oxygen atoms in total. The molecule has 1 saturated carbocycles.